The van der Waals surface area contributed by atoms with E-state index < -0.39 is 5.54 Å². The van der Waals surface area contributed by atoms with Gasteiger partial charge in [-0.25, -0.2) is 14.4 Å². The van der Waals surface area contributed by atoms with Crippen molar-refractivity contribution in [2.45, 2.75) is 18.1 Å². The van der Waals surface area contributed by atoms with E-state index in [1.165, 1.54) is 12.1 Å². The highest BCUT2D eigenvalue weighted by molar-refractivity contribution is 5.94. The van der Waals surface area contributed by atoms with Gasteiger partial charge in [0.25, 0.3) is 5.91 Å². The van der Waals surface area contributed by atoms with Crippen molar-refractivity contribution in [1.29, 1.82) is 0 Å². The maximum atomic E-state index is 14.3. The van der Waals surface area contributed by atoms with Gasteiger partial charge in [0.15, 0.2) is 0 Å². The smallest absolute Gasteiger partial charge is 0.255 e. The molecule has 8 nitrogen and oxygen atoms in total. The molecular weight excluding hydrogens is 688 g/mol. The van der Waals surface area contributed by atoms with E-state index in [1.54, 1.807) is 31.8 Å². The molecule has 0 saturated carbocycles. The Bertz CT molecular complexity index is 2490. The third-order valence-corrected chi connectivity index (χ3v) is 10.6. The maximum absolute atomic E-state index is 14.3. The molecule has 1 fully saturated rings. The summed E-state index contributed by atoms with van der Waals surface area (Å²) in [7, 11) is 1.68. The van der Waals surface area contributed by atoms with Crippen LogP contribution in [0.25, 0.3) is 39.2 Å². The van der Waals surface area contributed by atoms with Gasteiger partial charge in [0.05, 0.1) is 22.7 Å². The molecule has 4 heterocycles. The second-order valence-corrected chi connectivity index (χ2v) is 13.8. The molecule has 1 unspecified atom stereocenters. The van der Waals surface area contributed by atoms with Crippen LogP contribution in [0.4, 0.5) is 4.39 Å². The molecule has 0 bridgehead atoms. The lowest BCUT2D eigenvalue weighted by Gasteiger charge is -2.36. The Balaban J connectivity index is 1.20. The number of ether oxygens (including phenoxy) is 1. The Labute approximate surface area is 318 Å². The van der Waals surface area contributed by atoms with Crippen molar-refractivity contribution in [3.63, 3.8) is 0 Å². The summed E-state index contributed by atoms with van der Waals surface area (Å²) in [4.78, 5) is 24.4. The van der Waals surface area contributed by atoms with Gasteiger partial charge in [0.1, 0.15) is 29.2 Å². The van der Waals surface area contributed by atoms with Gasteiger partial charge in [-0.2, -0.15) is 5.10 Å². The number of amides is 1. The van der Waals surface area contributed by atoms with E-state index in [2.05, 4.69) is 89.7 Å². The van der Waals surface area contributed by atoms with E-state index >= 15 is 0 Å². The highest BCUT2D eigenvalue weighted by atomic mass is 19.1. The largest absolute Gasteiger partial charge is 0.380 e. The number of benzene rings is 5. The number of pyridine rings is 1. The quantitative estimate of drug-likeness (QED) is 0.139. The molecule has 1 aliphatic heterocycles. The van der Waals surface area contributed by atoms with Crippen LogP contribution in [0.2, 0.25) is 0 Å². The zero-order valence-electron chi connectivity index (χ0n) is 30.2. The molecule has 1 amide bonds. The van der Waals surface area contributed by atoms with Gasteiger partial charge in [-0.3, -0.25) is 14.0 Å². The van der Waals surface area contributed by atoms with Gasteiger partial charge in [-0.15, -0.1) is 0 Å². The zero-order valence-corrected chi connectivity index (χ0v) is 30.2. The van der Waals surface area contributed by atoms with Crippen molar-refractivity contribution in [2.75, 3.05) is 20.2 Å². The first-order valence-electron chi connectivity index (χ1n) is 18.3. The lowest BCUT2D eigenvalue weighted by molar-refractivity contribution is 0.0724. The summed E-state index contributed by atoms with van der Waals surface area (Å²) in [6.45, 7) is 1.24. The first-order chi connectivity index (χ1) is 27.0. The second-order valence-electron chi connectivity index (χ2n) is 13.8. The predicted molar refractivity (Wildman–Crippen MR) is 211 cm³/mol. The maximum Gasteiger partial charge on any atom is 0.255 e. The van der Waals surface area contributed by atoms with Crippen molar-refractivity contribution in [3.05, 3.63) is 192 Å². The lowest BCUT2D eigenvalue weighted by Crippen LogP contribution is -2.38. The normalized spacial score (nSPS) is 14.4. The van der Waals surface area contributed by atoms with Crippen molar-refractivity contribution < 1.29 is 13.9 Å². The molecule has 0 radical (unpaired) electrons. The molecule has 55 heavy (non-hydrogen) atoms. The lowest BCUT2D eigenvalue weighted by atomic mass is 9.77. The monoisotopic (exact) mass is 724 g/mol. The minimum Gasteiger partial charge on any atom is -0.380 e. The minimum absolute atomic E-state index is 0.0562. The third kappa shape index (κ3) is 6.08. The fourth-order valence-corrected chi connectivity index (χ4v) is 7.81. The highest BCUT2D eigenvalue weighted by Gasteiger charge is 2.40. The first kappa shape index (κ1) is 34.1. The third-order valence-electron chi connectivity index (χ3n) is 10.6. The average molecular weight is 725 g/mol. The van der Waals surface area contributed by atoms with Crippen LogP contribution in [0.3, 0.4) is 0 Å². The number of hydrogen-bond donors (Lipinski definition) is 0. The molecule has 8 aromatic rings. The number of imidazole rings is 1. The van der Waals surface area contributed by atoms with Crippen molar-refractivity contribution in [3.8, 4) is 28.2 Å². The molecule has 0 spiro atoms. The fraction of sp³-hybridized carbons (Fsp3) is 0.130. The van der Waals surface area contributed by atoms with Crippen LogP contribution in [0.1, 0.15) is 33.5 Å². The van der Waals surface area contributed by atoms with Gasteiger partial charge in [-0.1, -0.05) is 97.1 Å². The first-order valence-corrected chi connectivity index (χ1v) is 18.3. The summed E-state index contributed by atoms with van der Waals surface area (Å²) < 4.78 is 23.8. The van der Waals surface area contributed by atoms with E-state index in [9.17, 15) is 9.18 Å². The van der Waals surface area contributed by atoms with Crippen molar-refractivity contribution >= 4 is 16.9 Å². The topological polar surface area (TPSA) is 78.1 Å². The Hall–Kier alpha value is -6.71. The number of methoxy groups -OCH3 is 1. The number of halogens is 1. The van der Waals surface area contributed by atoms with Crippen molar-refractivity contribution in [2.24, 2.45) is 0 Å². The number of aromatic nitrogens is 5. The van der Waals surface area contributed by atoms with Crippen LogP contribution in [-0.4, -0.2) is 61.4 Å². The molecule has 1 aliphatic rings. The average Bonchev–Trinajstić information content (AvgIpc) is 4.02. The molecule has 1 atom stereocenters. The number of carbonyl (C=O) groups excluding carboxylic acids is 1. The van der Waals surface area contributed by atoms with Crippen LogP contribution >= 0.6 is 0 Å². The van der Waals surface area contributed by atoms with Crippen LogP contribution in [0, 0.1) is 5.82 Å². The number of fused-ring (bicyclic) bond motifs is 1. The molecule has 5 aromatic carbocycles. The van der Waals surface area contributed by atoms with Gasteiger partial charge in [0, 0.05) is 43.7 Å². The van der Waals surface area contributed by atoms with Crippen LogP contribution in [0.5, 0.6) is 0 Å². The zero-order chi connectivity index (χ0) is 37.4. The summed E-state index contributed by atoms with van der Waals surface area (Å²) in [6, 6.07) is 47.4. The van der Waals surface area contributed by atoms with Gasteiger partial charge >= 0.3 is 0 Å². The van der Waals surface area contributed by atoms with Gasteiger partial charge in [0.2, 0.25) is 0 Å². The van der Waals surface area contributed by atoms with Crippen LogP contribution in [0.15, 0.2) is 164 Å². The number of rotatable bonds is 9. The summed E-state index contributed by atoms with van der Waals surface area (Å²) in [5, 5.41) is 5.42. The van der Waals surface area contributed by atoms with Crippen molar-refractivity contribution in [1.82, 2.24) is 29.2 Å². The molecule has 9 rings (SSSR count). The van der Waals surface area contributed by atoms with Gasteiger partial charge in [-0.05, 0) is 77.2 Å². The summed E-state index contributed by atoms with van der Waals surface area (Å²) in [5.41, 5.74) is 7.66. The Morgan fingerprint density at radius 1 is 0.764 bits per heavy atom. The van der Waals surface area contributed by atoms with E-state index in [0.29, 0.717) is 30.2 Å². The second kappa shape index (κ2) is 14.3. The number of carbonyl (C=O) groups is 1. The minimum atomic E-state index is -0.856. The summed E-state index contributed by atoms with van der Waals surface area (Å²) in [5.74, 6) is 0.263. The van der Waals surface area contributed by atoms with E-state index in [1.807, 2.05) is 51.9 Å². The number of nitrogens with zero attached hydrogens (tertiary/aromatic N) is 6. The Morgan fingerprint density at radius 2 is 1.40 bits per heavy atom. The number of hydrogen-bond acceptors (Lipinski definition) is 5. The van der Waals surface area contributed by atoms with E-state index in [-0.39, 0.29) is 17.8 Å². The molecule has 270 valence electrons. The molecule has 3 aromatic heterocycles. The van der Waals surface area contributed by atoms with Gasteiger partial charge < -0.3 is 9.64 Å². The Morgan fingerprint density at radius 3 is 1.98 bits per heavy atom. The van der Waals surface area contributed by atoms with E-state index in [4.69, 9.17) is 19.8 Å². The van der Waals surface area contributed by atoms with Crippen LogP contribution in [-0.2, 0) is 10.3 Å². The molecule has 0 aliphatic carbocycles. The highest BCUT2D eigenvalue weighted by Crippen LogP contribution is 2.43. The summed E-state index contributed by atoms with van der Waals surface area (Å²) in [6.07, 6.45) is 6.35. The predicted octanol–water partition coefficient (Wildman–Crippen LogP) is 8.79. The molecule has 9 heteroatoms. The number of likely N-dealkylation sites (tertiary alicyclic amines) is 1. The Kier molecular flexibility index (Phi) is 8.84. The molecule has 1 saturated heterocycles. The fourth-order valence-electron chi connectivity index (χ4n) is 7.81. The SMILES string of the molecule is COC1CCN(C(=O)c2ccc(-n3cnc4ccc(-c5cn(C(c6ccccc6)(c6ccccc6)c6ccccc6)nc5-c5ccc(F)cc5)cc43)nc2)C1. The molecular formula is C46H37FN6O2. The summed E-state index contributed by atoms with van der Waals surface area (Å²) >= 11 is 0. The standard InChI is InChI=1S/C46H37FN6O2/c1-55-39-25-26-51(29-39)45(54)34-20-24-43(48-28-34)52-31-49-41-23-19-33(27-42(41)52)40-30-53(50-44(40)32-17-21-38(47)22-18-32)46(35-11-5-2-6-12-35,36-13-7-3-8-14-36)37-15-9-4-10-16-37/h2-24,27-28,30-31,39H,25-26,29H2,1H3. The van der Waals surface area contributed by atoms with E-state index in [0.717, 1.165) is 50.8 Å². The molecule has 0 N–H and O–H groups in total. The van der Waals surface area contributed by atoms with Crippen LogP contribution < -0.4 is 0 Å².